The van der Waals surface area contributed by atoms with E-state index in [2.05, 4.69) is 11.8 Å². The molecular formula is C14H20FNO2S. The summed E-state index contributed by atoms with van der Waals surface area (Å²) in [5.41, 5.74) is 1.57. The second-order valence-corrected chi connectivity index (χ2v) is 6.00. The van der Waals surface area contributed by atoms with Crippen LogP contribution in [0.5, 0.6) is 0 Å². The number of hydrogen-bond donors (Lipinski definition) is 1. The highest BCUT2D eigenvalue weighted by atomic mass is 32.2. The van der Waals surface area contributed by atoms with Crippen LogP contribution >= 0.6 is 0 Å². The molecule has 0 spiro atoms. The van der Waals surface area contributed by atoms with Crippen LogP contribution in [0, 0.1) is 5.82 Å². The van der Waals surface area contributed by atoms with Crippen molar-refractivity contribution >= 4 is 11.1 Å². The van der Waals surface area contributed by atoms with Crippen LogP contribution in [0.25, 0.3) is 0 Å². The highest BCUT2D eigenvalue weighted by molar-refractivity contribution is 7.78. The van der Waals surface area contributed by atoms with Gasteiger partial charge in [0.15, 0.2) is 11.1 Å². The maximum Gasteiger partial charge on any atom is 0.157 e. The van der Waals surface area contributed by atoms with Gasteiger partial charge >= 0.3 is 0 Å². The van der Waals surface area contributed by atoms with Crippen molar-refractivity contribution in [3.05, 3.63) is 35.1 Å². The summed E-state index contributed by atoms with van der Waals surface area (Å²) in [6.45, 7) is 5.29. The quantitative estimate of drug-likeness (QED) is 0.865. The molecule has 5 heteroatoms. The first-order valence-corrected chi connectivity index (χ1v) is 7.95. The van der Waals surface area contributed by atoms with Crippen molar-refractivity contribution in [2.75, 3.05) is 19.6 Å². The van der Waals surface area contributed by atoms with Gasteiger partial charge in [-0.1, -0.05) is 13.0 Å². The maximum atomic E-state index is 13.6. The Morgan fingerprint density at radius 1 is 1.37 bits per heavy atom. The van der Waals surface area contributed by atoms with E-state index in [0.717, 1.165) is 38.0 Å². The molecule has 1 heterocycles. The van der Waals surface area contributed by atoms with E-state index in [1.807, 2.05) is 6.07 Å². The molecule has 1 aromatic carbocycles. The Kier molecular flexibility index (Phi) is 5.07. The smallest absolute Gasteiger partial charge is 0.157 e. The van der Waals surface area contributed by atoms with Crippen LogP contribution in [-0.4, -0.2) is 33.3 Å². The van der Waals surface area contributed by atoms with Crippen LogP contribution in [-0.2, 0) is 16.8 Å². The standard InChI is InChI=1S/C14H20FNO2S/c1-2-16-5-3-12(4-6-16)13-7-11(10-19(17)18)8-14(15)9-13/h7-9,12H,2-6,10H2,1H3,(H,17,18). The number of rotatable bonds is 4. The molecule has 1 aromatic rings. The van der Waals surface area contributed by atoms with Crippen LogP contribution in [0.4, 0.5) is 4.39 Å². The number of piperidine rings is 1. The summed E-state index contributed by atoms with van der Waals surface area (Å²) in [4.78, 5) is 2.39. The van der Waals surface area contributed by atoms with Crippen molar-refractivity contribution in [2.24, 2.45) is 0 Å². The Morgan fingerprint density at radius 2 is 2.05 bits per heavy atom. The summed E-state index contributed by atoms with van der Waals surface area (Å²) in [7, 11) is 0. The van der Waals surface area contributed by atoms with Gasteiger partial charge < -0.3 is 9.45 Å². The Bertz CT molecular complexity index is 459. The largest absolute Gasteiger partial charge is 0.306 e. The van der Waals surface area contributed by atoms with Crippen LogP contribution in [0.2, 0.25) is 0 Å². The molecule has 1 aliphatic rings. The van der Waals surface area contributed by atoms with Crippen molar-refractivity contribution in [2.45, 2.75) is 31.4 Å². The van der Waals surface area contributed by atoms with Crippen LogP contribution in [0.15, 0.2) is 18.2 Å². The molecule has 0 amide bonds. The van der Waals surface area contributed by atoms with Crippen molar-refractivity contribution in [3.8, 4) is 0 Å². The molecule has 0 saturated carbocycles. The Labute approximate surface area is 116 Å². The molecule has 0 bridgehead atoms. The number of hydrogen-bond acceptors (Lipinski definition) is 2. The van der Waals surface area contributed by atoms with E-state index in [1.165, 1.54) is 6.07 Å². The van der Waals surface area contributed by atoms with E-state index in [1.54, 1.807) is 6.07 Å². The average molecular weight is 285 g/mol. The lowest BCUT2D eigenvalue weighted by Crippen LogP contribution is -2.32. The van der Waals surface area contributed by atoms with Crippen LogP contribution in [0.1, 0.15) is 36.8 Å². The van der Waals surface area contributed by atoms with Gasteiger partial charge in [-0.25, -0.2) is 8.60 Å². The predicted molar refractivity (Wildman–Crippen MR) is 75.0 cm³/mol. The summed E-state index contributed by atoms with van der Waals surface area (Å²) in [5.74, 6) is 0.0544. The normalized spacial score (nSPS) is 19.5. The molecule has 3 nitrogen and oxygen atoms in total. The molecule has 1 saturated heterocycles. The molecule has 1 N–H and O–H groups in total. The van der Waals surface area contributed by atoms with Gasteiger partial charge in [-0.15, -0.1) is 0 Å². The average Bonchev–Trinajstić information content (AvgIpc) is 2.37. The minimum atomic E-state index is -1.92. The molecular weight excluding hydrogens is 265 g/mol. The van der Waals surface area contributed by atoms with E-state index in [4.69, 9.17) is 4.55 Å². The van der Waals surface area contributed by atoms with Crippen molar-refractivity contribution in [1.29, 1.82) is 0 Å². The second-order valence-electron chi connectivity index (χ2n) is 5.07. The summed E-state index contributed by atoms with van der Waals surface area (Å²) in [5, 5.41) is 0. The highest BCUT2D eigenvalue weighted by Crippen LogP contribution is 2.29. The summed E-state index contributed by atoms with van der Waals surface area (Å²) in [6.07, 6.45) is 2.05. The molecule has 1 atom stereocenters. The first kappa shape index (κ1) is 14.6. The van der Waals surface area contributed by atoms with Crippen LogP contribution in [0.3, 0.4) is 0 Å². The molecule has 1 unspecified atom stereocenters. The number of likely N-dealkylation sites (tertiary alicyclic amines) is 1. The van der Waals surface area contributed by atoms with Crippen molar-refractivity contribution < 1.29 is 13.2 Å². The summed E-state index contributed by atoms with van der Waals surface area (Å²) >= 11 is -1.92. The lowest BCUT2D eigenvalue weighted by Gasteiger charge is -2.31. The van der Waals surface area contributed by atoms with Gasteiger partial charge in [0.25, 0.3) is 0 Å². The summed E-state index contributed by atoms with van der Waals surface area (Å²) in [6, 6.07) is 4.79. The molecule has 1 aliphatic heterocycles. The minimum Gasteiger partial charge on any atom is -0.306 e. The zero-order chi connectivity index (χ0) is 13.8. The van der Waals surface area contributed by atoms with Crippen LogP contribution < -0.4 is 0 Å². The van der Waals surface area contributed by atoms with Gasteiger partial charge in [0.1, 0.15) is 5.82 Å². The summed E-state index contributed by atoms with van der Waals surface area (Å²) < 4.78 is 33.3. The molecule has 0 radical (unpaired) electrons. The van der Waals surface area contributed by atoms with E-state index in [9.17, 15) is 8.60 Å². The zero-order valence-corrected chi connectivity index (χ0v) is 12.0. The lowest BCUT2D eigenvalue weighted by atomic mass is 9.88. The zero-order valence-electron chi connectivity index (χ0n) is 11.1. The predicted octanol–water partition coefficient (Wildman–Crippen LogP) is 2.75. The topological polar surface area (TPSA) is 40.5 Å². The lowest BCUT2D eigenvalue weighted by molar-refractivity contribution is 0.222. The molecule has 106 valence electrons. The number of benzene rings is 1. The van der Waals surface area contributed by atoms with E-state index in [0.29, 0.717) is 11.5 Å². The molecule has 2 rings (SSSR count). The Balaban J connectivity index is 2.11. The van der Waals surface area contributed by atoms with Crippen molar-refractivity contribution in [1.82, 2.24) is 4.90 Å². The Hall–Kier alpha value is -0.780. The third-order valence-corrected chi connectivity index (χ3v) is 4.36. The number of halogens is 1. The fraction of sp³-hybridized carbons (Fsp3) is 0.571. The fourth-order valence-electron chi connectivity index (χ4n) is 2.72. The fourth-order valence-corrected chi connectivity index (χ4v) is 3.17. The Morgan fingerprint density at radius 3 is 2.63 bits per heavy atom. The molecule has 0 aromatic heterocycles. The minimum absolute atomic E-state index is 0.00142. The van der Waals surface area contributed by atoms with Gasteiger partial charge in [0, 0.05) is 0 Å². The maximum absolute atomic E-state index is 13.6. The molecule has 0 aliphatic carbocycles. The van der Waals surface area contributed by atoms with E-state index >= 15 is 0 Å². The molecule has 1 fully saturated rings. The second kappa shape index (κ2) is 6.59. The van der Waals surface area contributed by atoms with E-state index in [-0.39, 0.29) is 11.6 Å². The van der Waals surface area contributed by atoms with Gasteiger partial charge in [-0.3, -0.25) is 0 Å². The van der Waals surface area contributed by atoms with Gasteiger partial charge in [0.2, 0.25) is 0 Å². The monoisotopic (exact) mass is 285 g/mol. The van der Waals surface area contributed by atoms with Gasteiger partial charge in [-0.05, 0) is 61.7 Å². The third kappa shape index (κ3) is 4.09. The SMILES string of the molecule is CCN1CCC(c2cc(F)cc(CS(=O)O)c2)CC1. The first-order valence-electron chi connectivity index (χ1n) is 6.67. The first-order chi connectivity index (χ1) is 9.08. The van der Waals surface area contributed by atoms with Gasteiger partial charge in [0.05, 0.1) is 5.75 Å². The number of nitrogens with zero attached hydrogens (tertiary/aromatic N) is 1. The van der Waals surface area contributed by atoms with E-state index < -0.39 is 11.1 Å². The van der Waals surface area contributed by atoms with Gasteiger partial charge in [-0.2, -0.15) is 0 Å². The third-order valence-electron chi connectivity index (χ3n) is 3.78. The highest BCUT2D eigenvalue weighted by Gasteiger charge is 2.20. The molecule has 19 heavy (non-hydrogen) atoms. The van der Waals surface area contributed by atoms with Crippen molar-refractivity contribution in [3.63, 3.8) is 0 Å².